The summed E-state index contributed by atoms with van der Waals surface area (Å²) < 4.78 is 13.3. The highest BCUT2D eigenvalue weighted by atomic mass is 19.1. The van der Waals surface area contributed by atoms with E-state index < -0.39 is 0 Å². The van der Waals surface area contributed by atoms with E-state index in [1.807, 2.05) is 12.1 Å². The molecule has 1 heterocycles. The van der Waals surface area contributed by atoms with Gasteiger partial charge in [0.25, 0.3) is 0 Å². The van der Waals surface area contributed by atoms with Gasteiger partial charge in [-0.25, -0.2) is 4.39 Å². The first kappa shape index (κ1) is 11.6. The van der Waals surface area contributed by atoms with E-state index in [9.17, 15) is 4.39 Å². The smallest absolute Gasteiger partial charge is 0.126 e. The third-order valence-corrected chi connectivity index (χ3v) is 3.33. The molecule has 2 heteroatoms. The number of piperidine rings is 1. The fourth-order valence-electron chi connectivity index (χ4n) is 2.38. The van der Waals surface area contributed by atoms with E-state index in [1.165, 1.54) is 32.4 Å². The Bertz CT molecular complexity index is 318. The van der Waals surface area contributed by atoms with Gasteiger partial charge in [0.2, 0.25) is 0 Å². The summed E-state index contributed by atoms with van der Waals surface area (Å²) in [6, 6.07) is 7.12. The molecule has 1 fully saturated rings. The van der Waals surface area contributed by atoms with Crippen LogP contribution < -0.4 is 0 Å². The zero-order chi connectivity index (χ0) is 11.2. The van der Waals surface area contributed by atoms with Crippen LogP contribution in [0.5, 0.6) is 0 Å². The molecule has 1 aliphatic rings. The largest absolute Gasteiger partial charge is 0.303 e. The van der Waals surface area contributed by atoms with Gasteiger partial charge in [-0.1, -0.05) is 24.6 Å². The molecular formula is C14H20FN. The standard InChI is InChI=1S/C14H20FN/c15-14-9-3-2-7-13(14)8-6-12-16-10-4-1-5-11-16/h2-3,7,9H,1,4-6,8,10-12H2. The van der Waals surface area contributed by atoms with Gasteiger partial charge in [0.1, 0.15) is 5.82 Å². The SMILES string of the molecule is Fc1ccccc1CCCN1CCCCC1. The Morgan fingerprint density at radius 1 is 1.06 bits per heavy atom. The van der Waals surface area contributed by atoms with Crippen LogP contribution in [0.15, 0.2) is 24.3 Å². The maximum Gasteiger partial charge on any atom is 0.126 e. The van der Waals surface area contributed by atoms with Crippen LogP contribution in [0.1, 0.15) is 31.2 Å². The van der Waals surface area contributed by atoms with Gasteiger partial charge in [-0.2, -0.15) is 0 Å². The number of aryl methyl sites for hydroxylation is 1. The molecule has 0 N–H and O–H groups in total. The molecule has 0 saturated carbocycles. The van der Waals surface area contributed by atoms with E-state index in [0.29, 0.717) is 0 Å². The van der Waals surface area contributed by atoms with Crippen molar-refractivity contribution in [2.45, 2.75) is 32.1 Å². The van der Waals surface area contributed by atoms with Crippen molar-refractivity contribution in [2.75, 3.05) is 19.6 Å². The molecule has 1 nitrogen and oxygen atoms in total. The molecule has 0 spiro atoms. The second-order valence-corrected chi connectivity index (χ2v) is 4.60. The molecule has 0 aliphatic carbocycles. The molecule has 0 aromatic heterocycles. The summed E-state index contributed by atoms with van der Waals surface area (Å²) in [5, 5.41) is 0. The summed E-state index contributed by atoms with van der Waals surface area (Å²) >= 11 is 0. The van der Waals surface area contributed by atoms with Gasteiger partial charge in [-0.15, -0.1) is 0 Å². The van der Waals surface area contributed by atoms with Gasteiger partial charge >= 0.3 is 0 Å². The van der Waals surface area contributed by atoms with Crippen molar-refractivity contribution >= 4 is 0 Å². The van der Waals surface area contributed by atoms with Crippen LogP contribution >= 0.6 is 0 Å². The van der Waals surface area contributed by atoms with Crippen molar-refractivity contribution in [1.29, 1.82) is 0 Å². The Morgan fingerprint density at radius 3 is 2.56 bits per heavy atom. The van der Waals surface area contributed by atoms with E-state index in [0.717, 1.165) is 24.9 Å². The fraction of sp³-hybridized carbons (Fsp3) is 0.571. The minimum atomic E-state index is -0.0545. The van der Waals surface area contributed by atoms with Gasteiger partial charge in [0.15, 0.2) is 0 Å². The number of benzene rings is 1. The Balaban J connectivity index is 1.73. The van der Waals surface area contributed by atoms with Crippen LogP contribution in [-0.2, 0) is 6.42 Å². The molecule has 88 valence electrons. The maximum absolute atomic E-state index is 13.3. The molecule has 0 atom stereocenters. The second-order valence-electron chi connectivity index (χ2n) is 4.60. The fourth-order valence-corrected chi connectivity index (χ4v) is 2.38. The minimum Gasteiger partial charge on any atom is -0.303 e. The lowest BCUT2D eigenvalue weighted by Crippen LogP contribution is -2.30. The molecule has 1 aromatic carbocycles. The van der Waals surface area contributed by atoms with Crippen molar-refractivity contribution in [3.63, 3.8) is 0 Å². The van der Waals surface area contributed by atoms with Gasteiger partial charge < -0.3 is 4.90 Å². The lowest BCUT2D eigenvalue weighted by atomic mass is 10.1. The predicted molar refractivity (Wildman–Crippen MR) is 65.0 cm³/mol. The topological polar surface area (TPSA) is 3.24 Å². The van der Waals surface area contributed by atoms with Crippen LogP contribution in [0.3, 0.4) is 0 Å². The molecule has 0 radical (unpaired) electrons. The van der Waals surface area contributed by atoms with Crippen LogP contribution in [0, 0.1) is 5.82 Å². The number of rotatable bonds is 4. The first-order valence-corrected chi connectivity index (χ1v) is 6.32. The van der Waals surface area contributed by atoms with Crippen LogP contribution in [-0.4, -0.2) is 24.5 Å². The molecule has 1 aliphatic heterocycles. The summed E-state index contributed by atoms with van der Waals surface area (Å²) in [5.74, 6) is -0.0545. The van der Waals surface area contributed by atoms with E-state index in [4.69, 9.17) is 0 Å². The first-order chi connectivity index (χ1) is 7.86. The Kier molecular flexibility index (Phi) is 4.34. The van der Waals surface area contributed by atoms with Crippen molar-refractivity contribution < 1.29 is 4.39 Å². The molecule has 1 aromatic rings. The zero-order valence-electron chi connectivity index (χ0n) is 9.79. The molecule has 1 saturated heterocycles. The average molecular weight is 221 g/mol. The highest BCUT2D eigenvalue weighted by molar-refractivity contribution is 5.17. The third-order valence-electron chi connectivity index (χ3n) is 3.33. The van der Waals surface area contributed by atoms with E-state index in [-0.39, 0.29) is 5.82 Å². The highest BCUT2D eigenvalue weighted by Crippen LogP contribution is 2.12. The zero-order valence-corrected chi connectivity index (χ0v) is 9.79. The summed E-state index contributed by atoms with van der Waals surface area (Å²) in [6.07, 6.45) is 5.98. The van der Waals surface area contributed by atoms with Crippen LogP contribution in [0.25, 0.3) is 0 Å². The quantitative estimate of drug-likeness (QED) is 0.754. The van der Waals surface area contributed by atoms with Crippen molar-refractivity contribution in [3.05, 3.63) is 35.6 Å². The lowest BCUT2D eigenvalue weighted by Gasteiger charge is -2.26. The monoisotopic (exact) mass is 221 g/mol. The summed E-state index contributed by atoms with van der Waals surface area (Å²) in [4.78, 5) is 2.50. The third kappa shape index (κ3) is 3.31. The molecule has 0 bridgehead atoms. The Labute approximate surface area is 97.3 Å². The number of hydrogen-bond donors (Lipinski definition) is 0. The van der Waals surface area contributed by atoms with E-state index in [2.05, 4.69) is 4.90 Å². The Hall–Kier alpha value is -0.890. The Morgan fingerprint density at radius 2 is 1.81 bits per heavy atom. The van der Waals surface area contributed by atoms with Crippen molar-refractivity contribution in [1.82, 2.24) is 4.90 Å². The molecule has 16 heavy (non-hydrogen) atoms. The van der Waals surface area contributed by atoms with Crippen molar-refractivity contribution in [3.8, 4) is 0 Å². The second kappa shape index (κ2) is 6.00. The predicted octanol–water partition coefficient (Wildman–Crippen LogP) is 3.24. The van der Waals surface area contributed by atoms with Crippen molar-refractivity contribution in [2.24, 2.45) is 0 Å². The number of nitrogens with zero attached hydrogens (tertiary/aromatic N) is 1. The van der Waals surface area contributed by atoms with Crippen LogP contribution in [0.4, 0.5) is 4.39 Å². The van der Waals surface area contributed by atoms with Gasteiger partial charge in [0, 0.05) is 0 Å². The normalized spacial score (nSPS) is 17.6. The summed E-state index contributed by atoms with van der Waals surface area (Å²) in [5.41, 5.74) is 0.861. The number of likely N-dealkylation sites (tertiary alicyclic amines) is 1. The first-order valence-electron chi connectivity index (χ1n) is 6.32. The van der Waals surface area contributed by atoms with E-state index >= 15 is 0 Å². The van der Waals surface area contributed by atoms with E-state index in [1.54, 1.807) is 12.1 Å². The maximum atomic E-state index is 13.3. The lowest BCUT2D eigenvalue weighted by molar-refractivity contribution is 0.226. The average Bonchev–Trinajstić information content (AvgIpc) is 2.33. The molecular weight excluding hydrogens is 201 g/mol. The number of hydrogen-bond acceptors (Lipinski definition) is 1. The molecule has 0 unspecified atom stereocenters. The number of halogens is 1. The summed E-state index contributed by atoms with van der Waals surface area (Å²) in [6.45, 7) is 3.59. The van der Waals surface area contributed by atoms with Crippen LogP contribution in [0.2, 0.25) is 0 Å². The van der Waals surface area contributed by atoms with Gasteiger partial charge in [0.05, 0.1) is 0 Å². The molecule has 2 rings (SSSR count). The highest BCUT2D eigenvalue weighted by Gasteiger charge is 2.09. The minimum absolute atomic E-state index is 0.0545. The summed E-state index contributed by atoms with van der Waals surface area (Å²) in [7, 11) is 0. The molecule has 0 amide bonds. The van der Waals surface area contributed by atoms with Gasteiger partial charge in [-0.05, 0) is 56.9 Å². The van der Waals surface area contributed by atoms with Gasteiger partial charge in [-0.3, -0.25) is 0 Å².